The summed E-state index contributed by atoms with van der Waals surface area (Å²) in [4.78, 5) is 1.25. The van der Waals surface area contributed by atoms with E-state index in [9.17, 15) is 26.7 Å². The largest absolute Gasteiger partial charge is 0.390 e. The number of rotatable bonds is 3. The lowest BCUT2D eigenvalue weighted by Crippen LogP contribution is -2.42. The van der Waals surface area contributed by atoms with Crippen LogP contribution < -0.4 is 0 Å². The Bertz CT molecular complexity index is 341. The van der Waals surface area contributed by atoms with Gasteiger partial charge in [0.1, 0.15) is 0 Å². The molecule has 8 heteroatoms. The molecule has 0 aromatic carbocycles. The summed E-state index contributed by atoms with van der Waals surface area (Å²) in [7, 11) is -1.93. The van der Waals surface area contributed by atoms with Crippen molar-refractivity contribution in [2.45, 2.75) is 24.7 Å². The van der Waals surface area contributed by atoms with Crippen molar-refractivity contribution in [3.05, 3.63) is 0 Å². The lowest BCUT2D eigenvalue weighted by molar-refractivity contribution is -0.138. The Morgan fingerprint density at radius 2 is 1.94 bits per heavy atom. The van der Waals surface area contributed by atoms with E-state index in [2.05, 4.69) is 0 Å². The van der Waals surface area contributed by atoms with Gasteiger partial charge in [0.25, 0.3) is 0 Å². The normalized spacial score (nSPS) is 29.9. The fraction of sp³-hybridized carbons (Fsp3) is 1.00. The van der Waals surface area contributed by atoms with Crippen LogP contribution in [0.25, 0.3) is 0 Å². The van der Waals surface area contributed by atoms with E-state index in [0.717, 1.165) is 0 Å². The van der Waals surface area contributed by atoms with Gasteiger partial charge in [0.05, 0.1) is 30.1 Å². The SMILES string of the molecule is CN(CCC(F)(F)F)C1CS(=O)(=O)CC1O. The molecule has 0 spiro atoms. The second-order valence-electron chi connectivity index (χ2n) is 4.06. The van der Waals surface area contributed by atoms with Gasteiger partial charge < -0.3 is 5.11 Å². The van der Waals surface area contributed by atoms with Crippen molar-refractivity contribution in [3.8, 4) is 0 Å². The molecule has 0 radical (unpaired) electrons. The molecule has 0 aromatic rings. The smallest absolute Gasteiger partial charge is 0.390 e. The van der Waals surface area contributed by atoms with E-state index in [1.54, 1.807) is 0 Å². The minimum absolute atomic E-state index is 0.275. The van der Waals surface area contributed by atoms with Crippen LogP contribution in [0.15, 0.2) is 0 Å². The van der Waals surface area contributed by atoms with Gasteiger partial charge in [-0.2, -0.15) is 13.2 Å². The minimum atomic E-state index is -4.27. The molecular weight excluding hydrogens is 247 g/mol. The van der Waals surface area contributed by atoms with E-state index in [-0.39, 0.29) is 18.1 Å². The predicted octanol–water partition coefficient (Wildman–Crippen LogP) is 0.0285. The molecule has 16 heavy (non-hydrogen) atoms. The van der Waals surface area contributed by atoms with Crippen LogP contribution in [-0.4, -0.2) is 61.8 Å². The minimum Gasteiger partial charge on any atom is -0.390 e. The zero-order chi connectivity index (χ0) is 12.6. The van der Waals surface area contributed by atoms with Crippen molar-refractivity contribution in [1.29, 1.82) is 0 Å². The Kier molecular flexibility index (Phi) is 3.86. The van der Waals surface area contributed by atoms with Gasteiger partial charge in [-0.25, -0.2) is 8.42 Å². The molecular formula is C8H14F3NO3S. The molecule has 1 aliphatic rings. The Labute approximate surface area is 92.0 Å². The maximum atomic E-state index is 11.9. The molecule has 1 saturated heterocycles. The first-order chi connectivity index (χ1) is 7.11. The summed E-state index contributed by atoms with van der Waals surface area (Å²) in [6.45, 7) is -0.305. The molecule has 2 atom stereocenters. The summed E-state index contributed by atoms with van der Waals surface area (Å²) in [5, 5.41) is 9.42. The van der Waals surface area contributed by atoms with Crippen molar-refractivity contribution >= 4 is 9.84 Å². The first-order valence-corrected chi connectivity index (χ1v) is 6.58. The highest BCUT2D eigenvalue weighted by atomic mass is 32.2. The van der Waals surface area contributed by atoms with Crippen LogP contribution in [0.5, 0.6) is 0 Å². The molecule has 0 bridgehead atoms. The molecule has 96 valence electrons. The lowest BCUT2D eigenvalue weighted by atomic mass is 10.2. The Hall–Kier alpha value is -0.340. The van der Waals surface area contributed by atoms with E-state index in [0.29, 0.717) is 0 Å². The molecule has 0 saturated carbocycles. The van der Waals surface area contributed by atoms with Crippen molar-refractivity contribution in [1.82, 2.24) is 4.90 Å². The zero-order valence-corrected chi connectivity index (χ0v) is 9.55. The van der Waals surface area contributed by atoms with Crippen LogP contribution in [0.1, 0.15) is 6.42 Å². The third-order valence-corrected chi connectivity index (χ3v) is 4.31. The van der Waals surface area contributed by atoms with E-state index < -0.39 is 34.6 Å². The van der Waals surface area contributed by atoms with Crippen LogP contribution >= 0.6 is 0 Å². The first-order valence-electron chi connectivity index (χ1n) is 4.76. The van der Waals surface area contributed by atoms with Crippen molar-refractivity contribution < 1.29 is 26.7 Å². The van der Waals surface area contributed by atoms with Gasteiger partial charge in [0, 0.05) is 6.54 Å². The van der Waals surface area contributed by atoms with Crippen LogP contribution in [0.2, 0.25) is 0 Å². The van der Waals surface area contributed by atoms with Crippen LogP contribution in [0.3, 0.4) is 0 Å². The average Bonchev–Trinajstić information content (AvgIpc) is 2.34. The third kappa shape index (κ3) is 3.91. The van der Waals surface area contributed by atoms with Crippen LogP contribution in [0, 0.1) is 0 Å². The topological polar surface area (TPSA) is 57.6 Å². The molecule has 1 N–H and O–H groups in total. The van der Waals surface area contributed by atoms with E-state index in [1.165, 1.54) is 11.9 Å². The molecule has 1 heterocycles. The first kappa shape index (κ1) is 13.7. The summed E-state index contributed by atoms with van der Waals surface area (Å²) in [5.41, 5.74) is 0. The van der Waals surface area contributed by atoms with Gasteiger partial charge in [-0.1, -0.05) is 0 Å². The average molecular weight is 261 g/mol. The summed E-state index contributed by atoms with van der Waals surface area (Å²) in [6.07, 6.45) is -6.37. The highest BCUT2D eigenvalue weighted by Crippen LogP contribution is 2.22. The number of hydrogen-bond acceptors (Lipinski definition) is 4. The van der Waals surface area contributed by atoms with Gasteiger partial charge in [-0.15, -0.1) is 0 Å². The number of halogens is 3. The highest BCUT2D eigenvalue weighted by molar-refractivity contribution is 7.91. The van der Waals surface area contributed by atoms with Crippen molar-refractivity contribution in [2.75, 3.05) is 25.1 Å². The van der Waals surface area contributed by atoms with Gasteiger partial charge in [0.2, 0.25) is 0 Å². The van der Waals surface area contributed by atoms with Crippen molar-refractivity contribution in [3.63, 3.8) is 0 Å². The number of sulfone groups is 1. The molecule has 1 fully saturated rings. The van der Waals surface area contributed by atoms with E-state index >= 15 is 0 Å². The number of aliphatic hydroxyl groups is 1. The van der Waals surface area contributed by atoms with E-state index in [4.69, 9.17) is 0 Å². The number of nitrogens with zero attached hydrogens (tertiary/aromatic N) is 1. The fourth-order valence-corrected chi connectivity index (χ4v) is 3.58. The number of aliphatic hydroxyl groups excluding tert-OH is 1. The standard InChI is InChI=1S/C8H14F3NO3S/c1-12(3-2-8(9,10)11)6-4-16(14,15)5-7(6)13/h6-7,13H,2-5H2,1H3. The highest BCUT2D eigenvalue weighted by Gasteiger charge is 2.39. The Balaban J connectivity index is 2.52. The van der Waals surface area contributed by atoms with Gasteiger partial charge in [-0.3, -0.25) is 4.90 Å². The summed E-state index contributed by atoms with van der Waals surface area (Å²) in [6, 6.07) is -0.729. The second-order valence-corrected chi connectivity index (χ2v) is 6.21. The second kappa shape index (κ2) is 4.50. The van der Waals surface area contributed by atoms with Crippen molar-refractivity contribution in [2.24, 2.45) is 0 Å². The quantitative estimate of drug-likeness (QED) is 0.778. The number of hydrogen-bond donors (Lipinski definition) is 1. The molecule has 0 aromatic heterocycles. The Morgan fingerprint density at radius 1 is 1.38 bits per heavy atom. The number of likely N-dealkylation sites (N-methyl/N-ethyl adjacent to an activating group) is 1. The third-order valence-electron chi connectivity index (χ3n) is 2.61. The maximum Gasteiger partial charge on any atom is 0.390 e. The Morgan fingerprint density at radius 3 is 2.31 bits per heavy atom. The van der Waals surface area contributed by atoms with Gasteiger partial charge in [0.15, 0.2) is 9.84 Å². The molecule has 1 rings (SSSR count). The monoisotopic (exact) mass is 261 g/mol. The van der Waals surface area contributed by atoms with E-state index in [1.807, 2.05) is 0 Å². The maximum absolute atomic E-state index is 11.9. The fourth-order valence-electron chi connectivity index (χ4n) is 1.70. The number of alkyl halides is 3. The van der Waals surface area contributed by atoms with Gasteiger partial charge in [-0.05, 0) is 7.05 Å². The zero-order valence-electron chi connectivity index (χ0n) is 8.74. The summed E-state index contributed by atoms with van der Waals surface area (Å²) >= 11 is 0. The lowest BCUT2D eigenvalue weighted by Gasteiger charge is -2.25. The molecule has 2 unspecified atom stereocenters. The molecule has 0 aliphatic carbocycles. The van der Waals surface area contributed by atoms with Crippen LogP contribution in [0.4, 0.5) is 13.2 Å². The molecule has 4 nitrogen and oxygen atoms in total. The molecule has 0 amide bonds. The summed E-state index contributed by atoms with van der Waals surface area (Å²) < 4.78 is 58.1. The van der Waals surface area contributed by atoms with Gasteiger partial charge >= 0.3 is 6.18 Å². The molecule has 1 aliphatic heterocycles. The van der Waals surface area contributed by atoms with Crippen LogP contribution in [-0.2, 0) is 9.84 Å². The predicted molar refractivity (Wildman–Crippen MR) is 51.8 cm³/mol. The summed E-state index contributed by atoms with van der Waals surface area (Å²) in [5.74, 6) is -0.642.